The average Bonchev–Trinajstić information content (AvgIpc) is 2.28. The van der Waals surface area contributed by atoms with Gasteiger partial charge < -0.3 is 11.1 Å². The zero-order chi connectivity index (χ0) is 12.0. The molecule has 0 bridgehead atoms. The minimum absolute atomic E-state index is 0.00515. The lowest BCUT2D eigenvalue weighted by molar-refractivity contribution is -0.121. The molecule has 1 aromatic heterocycles. The van der Waals surface area contributed by atoms with Gasteiger partial charge in [-0.3, -0.25) is 9.78 Å². The van der Waals surface area contributed by atoms with Crippen LogP contribution in [-0.2, 0) is 11.3 Å². The number of nitrogens with one attached hydrogen (secondary N) is 1. The zero-order valence-corrected chi connectivity index (χ0v) is 9.86. The summed E-state index contributed by atoms with van der Waals surface area (Å²) in [6.45, 7) is 4.50. The third-order valence-electron chi connectivity index (χ3n) is 2.58. The molecular weight excluding hydrogens is 202 g/mol. The molecule has 0 aliphatic rings. The quantitative estimate of drug-likeness (QED) is 0.783. The summed E-state index contributed by atoms with van der Waals surface area (Å²) in [5, 5.41) is 2.86. The fourth-order valence-electron chi connectivity index (χ4n) is 1.35. The predicted molar refractivity (Wildman–Crippen MR) is 63.7 cm³/mol. The number of carbonyl (C=O) groups is 1. The van der Waals surface area contributed by atoms with Gasteiger partial charge in [-0.1, -0.05) is 6.92 Å². The van der Waals surface area contributed by atoms with Gasteiger partial charge in [0.05, 0.1) is 0 Å². The van der Waals surface area contributed by atoms with Crippen LogP contribution in [0.4, 0.5) is 0 Å². The van der Waals surface area contributed by atoms with Crippen LogP contribution in [0.15, 0.2) is 18.5 Å². The third kappa shape index (κ3) is 3.98. The highest BCUT2D eigenvalue weighted by Gasteiger charge is 2.07. The Morgan fingerprint density at radius 2 is 2.38 bits per heavy atom. The molecular formula is C12H19N3O. The van der Waals surface area contributed by atoms with E-state index in [9.17, 15) is 4.79 Å². The van der Waals surface area contributed by atoms with Gasteiger partial charge in [-0.25, -0.2) is 0 Å². The summed E-state index contributed by atoms with van der Waals surface area (Å²) in [5.41, 5.74) is 7.88. The Balaban J connectivity index is 2.40. The van der Waals surface area contributed by atoms with Gasteiger partial charge >= 0.3 is 0 Å². The van der Waals surface area contributed by atoms with Crippen LogP contribution < -0.4 is 11.1 Å². The molecule has 0 radical (unpaired) electrons. The third-order valence-corrected chi connectivity index (χ3v) is 2.58. The van der Waals surface area contributed by atoms with E-state index in [-0.39, 0.29) is 11.9 Å². The molecule has 0 saturated heterocycles. The molecule has 4 heteroatoms. The van der Waals surface area contributed by atoms with Crippen LogP contribution in [0.5, 0.6) is 0 Å². The number of hydrogen-bond acceptors (Lipinski definition) is 3. The maximum absolute atomic E-state index is 11.5. The Morgan fingerprint density at radius 3 is 3.00 bits per heavy atom. The lowest BCUT2D eigenvalue weighted by Crippen LogP contribution is -2.31. The summed E-state index contributed by atoms with van der Waals surface area (Å²) in [5.74, 6) is 0.00515. The minimum Gasteiger partial charge on any atom is -0.352 e. The number of aromatic nitrogens is 1. The highest BCUT2D eigenvalue weighted by Crippen LogP contribution is 2.04. The van der Waals surface area contributed by atoms with Gasteiger partial charge in [-0.05, 0) is 30.5 Å². The number of rotatable bonds is 5. The molecule has 1 aromatic rings. The minimum atomic E-state index is -0.0430. The topological polar surface area (TPSA) is 68.0 Å². The van der Waals surface area contributed by atoms with E-state index in [0.29, 0.717) is 13.0 Å². The molecule has 0 fully saturated rings. The largest absolute Gasteiger partial charge is 0.352 e. The van der Waals surface area contributed by atoms with E-state index < -0.39 is 0 Å². The summed E-state index contributed by atoms with van der Waals surface area (Å²) < 4.78 is 0. The first-order valence-corrected chi connectivity index (χ1v) is 5.55. The van der Waals surface area contributed by atoms with Gasteiger partial charge in [-0.15, -0.1) is 0 Å². The summed E-state index contributed by atoms with van der Waals surface area (Å²) in [7, 11) is 0. The molecule has 0 spiro atoms. The summed E-state index contributed by atoms with van der Waals surface area (Å²) in [6.07, 6.45) is 4.73. The highest BCUT2D eigenvalue weighted by atomic mass is 16.1. The summed E-state index contributed by atoms with van der Waals surface area (Å²) >= 11 is 0. The van der Waals surface area contributed by atoms with E-state index in [0.717, 1.165) is 17.5 Å². The van der Waals surface area contributed by atoms with Gasteiger partial charge in [0.2, 0.25) is 5.91 Å². The molecule has 0 aliphatic carbocycles. The van der Waals surface area contributed by atoms with Crippen LogP contribution in [0.25, 0.3) is 0 Å². The van der Waals surface area contributed by atoms with Gasteiger partial charge in [-0.2, -0.15) is 0 Å². The molecule has 1 heterocycles. The number of aryl methyl sites for hydroxylation is 1. The predicted octanol–water partition coefficient (Wildman–Crippen LogP) is 1.13. The Bertz CT molecular complexity index is 352. The molecule has 4 nitrogen and oxygen atoms in total. The number of pyridine rings is 1. The van der Waals surface area contributed by atoms with Crippen molar-refractivity contribution in [1.82, 2.24) is 10.3 Å². The van der Waals surface area contributed by atoms with E-state index in [1.54, 1.807) is 12.4 Å². The Labute approximate surface area is 96.3 Å². The van der Waals surface area contributed by atoms with Gasteiger partial charge in [0.1, 0.15) is 0 Å². The van der Waals surface area contributed by atoms with Crippen LogP contribution in [-0.4, -0.2) is 16.9 Å². The second kappa shape index (κ2) is 6.23. The van der Waals surface area contributed by atoms with Crippen molar-refractivity contribution in [2.75, 3.05) is 0 Å². The van der Waals surface area contributed by atoms with Crippen molar-refractivity contribution < 1.29 is 4.79 Å². The number of carbonyl (C=O) groups excluding carboxylic acids is 1. The normalized spacial score (nSPS) is 12.2. The fourth-order valence-corrected chi connectivity index (χ4v) is 1.35. The average molecular weight is 221 g/mol. The second-order valence-corrected chi connectivity index (χ2v) is 3.95. The molecule has 0 saturated carbocycles. The van der Waals surface area contributed by atoms with Gasteiger partial charge in [0.25, 0.3) is 0 Å². The van der Waals surface area contributed by atoms with Crippen molar-refractivity contribution in [2.45, 2.75) is 39.3 Å². The van der Waals surface area contributed by atoms with E-state index in [1.165, 1.54) is 0 Å². The van der Waals surface area contributed by atoms with E-state index in [4.69, 9.17) is 5.73 Å². The van der Waals surface area contributed by atoms with Crippen molar-refractivity contribution in [2.24, 2.45) is 5.73 Å². The maximum Gasteiger partial charge on any atom is 0.221 e. The van der Waals surface area contributed by atoms with Crippen molar-refractivity contribution in [3.05, 3.63) is 29.6 Å². The van der Waals surface area contributed by atoms with Crippen LogP contribution in [0.1, 0.15) is 30.9 Å². The Kier molecular flexibility index (Phi) is 4.92. The molecule has 16 heavy (non-hydrogen) atoms. The summed E-state index contributed by atoms with van der Waals surface area (Å²) in [6, 6.07) is 1.87. The lowest BCUT2D eigenvalue weighted by atomic mass is 10.1. The van der Waals surface area contributed by atoms with E-state index in [2.05, 4.69) is 10.3 Å². The van der Waals surface area contributed by atoms with Crippen molar-refractivity contribution in [3.63, 3.8) is 0 Å². The van der Waals surface area contributed by atoms with Crippen molar-refractivity contribution in [3.8, 4) is 0 Å². The number of amides is 1. The first-order valence-electron chi connectivity index (χ1n) is 5.55. The number of nitrogens with zero attached hydrogens (tertiary/aromatic N) is 1. The molecule has 3 N–H and O–H groups in total. The Hall–Kier alpha value is -1.42. The van der Waals surface area contributed by atoms with Gasteiger partial charge in [0.15, 0.2) is 0 Å². The Morgan fingerprint density at radius 1 is 1.62 bits per heavy atom. The smallest absolute Gasteiger partial charge is 0.221 e. The van der Waals surface area contributed by atoms with E-state index >= 15 is 0 Å². The fraction of sp³-hybridized carbons (Fsp3) is 0.500. The monoisotopic (exact) mass is 221 g/mol. The molecule has 1 amide bonds. The second-order valence-electron chi connectivity index (χ2n) is 3.95. The van der Waals surface area contributed by atoms with Crippen LogP contribution in [0, 0.1) is 6.92 Å². The molecule has 1 rings (SSSR count). The van der Waals surface area contributed by atoms with Crippen LogP contribution >= 0.6 is 0 Å². The number of hydrogen-bond donors (Lipinski definition) is 2. The molecule has 0 aromatic carbocycles. The van der Waals surface area contributed by atoms with E-state index in [1.807, 2.05) is 19.9 Å². The first kappa shape index (κ1) is 12.6. The number of nitrogens with two attached hydrogens (primary N) is 1. The van der Waals surface area contributed by atoms with Gasteiger partial charge in [0, 0.05) is 31.4 Å². The molecule has 0 aliphatic heterocycles. The first-order chi connectivity index (χ1) is 7.63. The maximum atomic E-state index is 11.5. The molecule has 1 atom stereocenters. The summed E-state index contributed by atoms with van der Waals surface area (Å²) in [4.78, 5) is 15.5. The van der Waals surface area contributed by atoms with Crippen LogP contribution in [0.2, 0.25) is 0 Å². The van der Waals surface area contributed by atoms with Crippen LogP contribution in [0.3, 0.4) is 0 Å². The standard InChI is InChI=1S/C12H19N3O/c1-3-11(13)6-12(16)15-8-10-4-5-14-7-9(10)2/h4-5,7,11H,3,6,8,13H2,1-2H3,(H,15,16). The molecule has 1 unspecified atom stereocenters. The van der Waals surface area contributed by atoms with Crippen molar-refractivity contribution in [1.29, 1.82) is 0 Å². The molecule has 88 valence electrons. The lowest BCUT2D eigenvalue weighted by Gasteiger charge is -2.10. The zero-order valence-electron chi connectivity index (χ0n) is 9.86. The SMILES string of the molecule is CCC(N)CC(=O)NCc1ccncc1C. The highest BCUT2D eigenvalue weighted by molar-refractivity contribution is 5.76. The van der Waals surface area contributed by atoms with Crippen molar-refractivity contribution >= 4 is 5.91 Å².